The third kappa shape index (κ3) is 2.53. The second-order valence-corrected chi connectivity index (χ2v) is 4.44. The predicted molar refractivity (Wildman–Crippen MR) is 63.1 cm³/mol. The lowest BCUT2D eigenvalue weighted by molar-refractivity contribution is 0.901. The van der Waals surface area contributed by atoms with Crippen LogP contribution in [0.25, 0.3) is 0 Å². The summed E-state index contributed by atoms with van der Waals surface area (Å²) in [5.74, 6) is 0. The van der Waals surface area contributed by atoms with Gasteiger partial charge in [-0.05, 0) is 25.5 Å². The van der Waals surface area contributed by atoms with Crippen LogP contribution in [-0.2, 0) is 0 Å². The lowest BCUT2D eigenvalue weighted by atomic mass is 10.2. The number of aromatic nitrogens is 2. The monoisotopic (exact) mass is 219 g/mol. The standard InChI is InChI=1S/C11H13N3S/c1-8-3-10(5-12-4-8)14-9(2)11-6-13-7-15-11/h3-7,9,14H,1-2H3. The highest BCUT2D eigenvalue weighted by Gasteiger charge is 2.06. The molecule has 0 aromatic carbocycles. The number of aryl methyl sites for hydroxylation is 1. The topological polar surface area (TPSA) is 37.8 Å². The number of hydrogen-bond acceptors (Lipinski definition) is 4. The van der Waals surface area contributed by atoms with E-state index in [1.807, 2.05) is 31.0 Å². The normalized spacial score (nSPS) is 12.4. The van der Waals surface area contributed by atoms with Gasteiger partial charge in [0, 0.05) is 23.5 Å². The molecule has 2 rings (SSSR count). The van der Waals surface area contributed by atoms with Crippen LogP contribution in [0.5, 0.6) is 0 Å². The average molecular weight is 219 g/mol. The molecule has 1 N–H and O–H groups in total. The van der Waals surface area contributed by atoms with Gasteiger partial charge in [0.05, 0.1) is 17.2 Å². The number of hydrogen-bond donors (Lipinski definition) is 1. The van der Waals surface area contributed by atoms with E-state index in [4.69, 9.17) is 0 Å². The van der Waals surface area contributed by atoms with Crippen LogP contribution in [0.3, 0.4) is 0 Å². The summed E-state index contributed by atoms with van der Waals surface area (Å²) in [5.41, 5.74) is 4.06. The fourth-order valence-corrected chi connectivity index (χ4v) is 2.02. The molecule has 0 fully saturated rings. The maximum Gasteiger partial charge on any atom is 0.0795 e. The fraction of sp³-hybridized carbons (Fsp3) is 0.273. The minimum absolute atomic E-state index is 0.279. The van der Waals surface area contributed by atoms with Crippen LogP contribution in [0.4, 0.5) is 5.69 Å². The summed E-state index contributed by atoms with van der Waals surface area (Å²) in [7, 11) is 0. The Balaban J connectivity index is 2.09. The molecule has 4 heteroatoms. The number of nitrogens with zero attached hydrogens (tertiary/aromatic N) is 2. The molecule has 0 aliphatic carbocycles. The number of nitrogens with one attached hydrogen (secondary N) is 1. The summed E-state index contributed by atoms with van der Waals surface area (Å²) < 4.78 is 0. The summed E-state index contributed by atoms with van der Waals surface area (Å²) in [6.07, 6.45) is 5.58. The molecule has 0 saturated heterocycles. The van der Waals surface area contributed by atoms with Crippen molar-refractivity contribution in [3.05, 3.63) is 40.6 Å². The van der Waals surface area contributed by atoms with Crippen molar-refractivity contribution >= 4 is 17.0 Å². The van der Waals surface area contributed by atoms with Gasteiger partial charge in [-0.2, -0.15) is 0 Å². The van der Waals surface area contributed by atoms with E-state index >= 15 is 0 Å². The van der Waals surface area contributed by atoms with Crippen LogP contribution < -0.4 is 5.32 Å². The number of anilines is 1. The molecule has 0 amide bonds. The Kier molecular flexibility index (Phi) is 2.97. The molecular weight excluding hydrogens is 206 g/mol. The van der Waals surface area contributed by atoms with Crippen LogP contribution in [0.1, 0.15) is 23.4 Å². The molecule has 0 saturated carbocycles. The largest absolute Gasteiger partial charge is 0.376 e. The molecule has 2 aromatic heterocycles. The SMILES string of the molecule is Cc1cncc(NC(C)c2cncs2)c1. The van der Waals surface area contributed by atoms with Crippen LogP contribution >= 0.6 is 11.3 Å². The van der Waals surface area contributed by atoms with Gasteiger partial charge in [-0.3, -0.25) is 9.97 Å². The first-order valence-electron chi connectivity index (χ1n) is 4.82. The van der Waals surface area contributed by atoms with Crippen molar-refractivity contribution in [1.82, 2.24) is 9.97 Å². The number of rotatable bonds is 3. The number of pyridine rings is 1. The van der Waals surface area contributed by atoms with Crippen molar-refractivity contribution < 1.29 is 0 Å². The zero-order chi connectivity index (χ0) is 10.7. The van der Waals surface area contributed by atoms with Crippen LogP contribution in [0, 0.1) is 6.92 Å². The number of thiazole rings is 1. The molecule has 3 nitrogen and oxygen atoms in total. The molecule has 0 aliphatic heterocycles. The van der Waals surface area contributed by atoms with Crippen molar-refractivity contribution in [3.8, 4) is 0 Å². The van der Waals surface area contributed by atoms with Gasteiger partial charge in [0.1, 0.15) is 0 Å². The van der Waals surface area contributed by atoms with E-state index in [2.05, 4.69) is 28.3 Å². The van der Waals surface area contributed by atoms with E-state index in [1.54, 1.807) is 11.3 Å². The lowest BCUT2D eigenvalue weighted by Crippen LogP contribution is -2.05. The first-order valence-corrected chi connectivity index (χ1v) is 5.70. The molecule has 15 heavy (non-hydrogen) atoms. The van der Waals surface area contributed by atoms with Gasteiger partial charge < -0.3 is 5.32 Å². The van der Waals surface area contributed by atoms with Crippen LogP contribution in [0.2, 0.25) is 0 Å². The Bertz CT molecular complexity index is 425. The minimum Gasteiger partial charge on any atom is -0.376 e. The van der Waals surface area contributed by atoms with Gasteiger partial charge in [0.25, 0.3) is 0 Å². The van der Waals surface area contributed by atoms with E-state index in [0.717, 1.165) is 11.3 Å². The van der Waals surface area contributed by atoms with E-state index in [0.29, 0.717) is 0 Å². The summed E-state index contributed by atoms with van der Waals surface area (Å²) in [4.78, 5) is 9.44. The molecule has 0 radical (unpaired) electrons. The van der Waals surface area contributed by atoms with Crippen molar-refractivity contribution in [2.75, 3.05) is 5.32 Å². The summed E-state index contributed by atoms with van der Waals surface area (Å²) in [6.45, 7) is 4.16. The maximum absolute atomic E-state index is 4.14. The summed E-state index contributed by atoms with van der Waals surface area (Å²) in [5, 5.41) is 3.39. The molecule has 1 atom stereocenters. The van der Waals surface area contributed by atoms with E-state index in [9.17, 15) is 0 Å². The molecule has 1 unspecified atom stereocenters. The van der Waals surface area contributed by atoms with Gasteiger partial charge in [-0.15, -0.1) is 11.3 Å². The molecule has 2 heterocycles. The summed E-state index contributed by atoms with van der Waals surface area (Å²) in [6, 6.07) is 2.37. The second kappa shape index (κ2) is 4.40. The Morgan fingerprint density at radius 1 is 1.27 bits per heavy atom. The van der Waals surface area contributed by atoms with Crippen molar-refractivity contribution in [3.63, 3.8) is 0 Å². The van der Waals surface area contributed by atoms with Gasteiger partial charge in [-0.1, -0.05) is 0 Å². The molecule has 0 bridgehead atoms. The third-order valence-corrected chi connectivity index (χ3v) is 3.09. The van der Waals surface area contributed by atoms with Gasteiger partial charge >= 0.3 is 0 Å². The molecule has 78 valence electrons. The third-order valence-electron chi connectivity index (χ3n) is 2.14. The van der Waals surface area contributed by atoms with E-state index < -0.39 is 0 Å². The van der Waals surface area contributed by atoms with Crippen LogP contribution in [-0.4, -0.2) is 9.97 Å². The smallest absolute Gasteiger partial charge is 0.0795 e. The predicted octanol–water partition coefficient (Wildman–Crippen LogP) is 3.02. The van der Waals surface area contributed by atoms with Crippen LogP contribution in [0.15, 0.2) is 30.2 Å². The molecular formula is C11H13N3S. The minimum atomic E-state index is 0.279. The Morgan fingerprint density at radius 2 is 2.13 bits per heavy atom. The summed E-state index contributed by atoms with van der Waals surface area (Å²) >= 11 is 1.66. The first kappa shape index (κ1) is 10.1. The van der Waals surface area contributed by atoms with Crippen molar-refractivity contribution in [2.45, 2.75) is 19.9 Å². The van der Waals surface area contributed by atoms with Gasteiger partial charge in [0.15, 0.2) is 0 Å². The van der Waals surface area contributed by atoms with Gasteiger partial charge in [-0.25, -0.2) is 0 Å². The zero-order valence-corrected chi connectivity index (χ0v) is 9.58. The van der Waals surface area contributed by atoms with Crippen molar-refractivity contribution in [2.24, 2.45) is 0 Å². The molecule has 0 spiro atoms. The Hall–Kier alpha value is -1.42. The van der Waals surface area contributed by atoms with Crippen molar-refractivity contribution in [1.29, 1.82) is 0 Å². The van der Waals surface area contributed by atoms with E-state index in [1.165, 1.54) is 4.88 Å². The van der Waals surface area contributed by atoms with Gasteiger partial charge in [0.2, 0.25) is 0 Å². The quantitative estimate of drug-likeness (QED) is 0.862. The molecule has 0 aliphatic rings. The van der Waals surface area contributed by atoms with E-state index in [-0.39, 0.29) is 6.04 Å². The first-order chi connectivity index (χ1) is 7.25. The fourth-order valence-electron chi connectivity index (χ4n) is 1.39. The second-order valence-electron chi connectivity index (χ2n) is 3.52. The maximum atomic E-state index is 4.14. The Labute approximate surface area is 93.2 Å². The zero-order valence-electron chi connectivity index (χ0n) is 8.77. The highest BCUT2D eigenvalue weighted by Crippen LogP contribution is 2.21. The Morgan fingerprint density at radius 3 is 2.80 bits per heavy atom. The average Bonchev–Trinajstić information content (AvgIpc) is 2.70. The highest BCUT2D eigenvalue weighted by molar-refractivity contribution is 7.09. The highest BCUT2D eigenvalue weighted by atomic mass is 32.1. The molecule has 2 aromatic rings. The lowest BCUT2D eigenvalue weighted by Gasteiger charge is -2.12.